The number of rotatable bonds is 4. The maximum Gasteiger partial charge on any atom is 0.247 e. The zero-order chi connectivity index (χ0) is 14.7. The number of carbonyl (C=O) groups excluding carboxylic acids is 1. The van der Waals surface area contributed by atoms with Crippen LogP contribution in [-0.4, -0.2) is 38.2 Å². The van der Waals surface area contributed by atoms with Gasteiger partial charge in [-0.1, -0.05) is 30.3 Å². The molecule has 21 heavy (non-hydrogen) atoms. The third-order valence-electron chi connectivity index (χ3n) is 4.17. The van der Waals surface area contributed by atoms with E-state index < -0.39 is 0 Å². The van der Waals surface area contributed by atoms with Crippen LogP contribution in [0.1, 0.15) is 31.4 Å². The predicted molar refractivity (Wildman–Crippen MR) is 79.6 cm³/mol. The fourth-order valence-corrected chi connectivity index (χ4v) is 2.99. The number of hydrogen-bond acceptors (Lipinski definition) is 3. The standard InChI is InChI=1S/C16H20N4O/c1-13(20-12-17-11-18-20)16(21)19-9-5-8-15(19)10-14-6-3-2-4-7-14/h2-4,6-7,11-13,15H,5,8-10H2,1H3. The number of amides is 1. The highest BCUT2D eigenvalue weighted by Gasteiger charge is 2.32. The molecule has 110 valence electrons. The minimum Gasteiger partial charge on any atom is -0.338 e. The minimum atomic E-state index is -0.288. The van der Waals surface area contributed by atoms with Crippen LogP contribution >= 0.6 is 0 Å². The van der Waals surface area contributed by atoms with Gasteiger partial charge in [-0.25, -0.2) is 9.67 Å². The van der Waals surface area contributed by atoms with Crippen LogP contribution in [0.3, 0.4) is 0 Å². The van der Waals surface area contributed by atoms with Crippen LogP contribution in [0.2, 0.25) is 0 Å². The van der Waals surface area contributed by atoms with E-state index in [1.165, 1.54) is 11.9 Å². The number of benzene rings is 1. The van der Waals surface area contributed by atoms with Crippen LogP contribution in [0, 0.1) is 0 Å². The summed E-state index contributed by atoms with van der Waals surface area (Å²) < 4.78 is 1.63. The zero-order valence-corrected chi connectivity index (χ0v) is 12.2. The molecule has 0 aliphatic carbocycles. The SMILES string of the molecule is CC(C(=O)N1CCCC1Cc1ccccc1)n1cncn1. The van der Waals surface area contributed by atoms with Crippen molar-refractivity contribution in [3.63, 3.8) is 0 Å². The summed E-state index contributed by atoms with van der Waals surface area (Å²) >= 11 is 0. The molecular formula is C16H20N4O. The molecule has 1 aromatic carbocycles. The molecule has 5 heteroatoms. The summed E-state index contributed by atoms with van der Waals surface area (Å²) in [5, 5.41) is 4.08. The van der Waals surface area contributed by atoms with Gasteiger partial charge in [0.1, 0.15) is 18.7 Å². The Hall–Kier alpha value is -2.17. The van der Waals surface area contributed by atoms with Gasteiger partial charge in [0.2, 0.25) is 5.91 Å². The van der Waals surface area contributed by atoms with Crippen LogP contribution in [0.4, 0.5) is 0 Å². The molecule has 2 atom stereocenters. The van der Waals surface area contributed by atoms with E-state index >= 15 is 0 Å². The first-order valence-electron chi connectivity index (χ1n) is 7.44. The normalized spacial score (nSPS) is 19.7. The Balaban J connectivity index is 1.70. The highest BCUT2D eigenvalue weighted by atomic mass is 16.2. The molecule has 1 saturated heterocycles. The Morgan fingerprint density at radius 3 is 2.90 bits per heavy atom. The molecule has 5 nitrogen and oxygen atoms in total. The summed E-state index contributed by atoms with van der Waals surface area (Å²) in [7, 11) is 0. The Labute approximate surface area is 124 Å². The lowest BCUT2D eigenvalue weighted by molar-refractivity contribution is -0.135. The minimum absolute atomic E-state index is 0.138. The smallest absolute Gasteiger partial charge is 0.247 e. The van der Waals surface area contributed by atoms with Crippen LogP contribution < -0.4 is 0 Å². The van der Waals surface area contributed by atoms with Crippen molar-refractivity contribution < 1.29 is 4.79 Å². The van der Waals surface area contributed by atoms with Crippen molar-refractivity contribution >= 4 is 5.91 Å². The van der Waals surface area contributed by atoms with Crippen LogP contribution in [0.5, 0.6) is 0 Å². The van der Waals surface area contributed by atoms with Gasteiger partial charge in [0, 0.05) is 12.6 Å². The summed E-state index contributed by atoms with van der Waals surface area (Å²) in [5.41, 5.74) is 1.29. The Kier molecular flexibility index (Phi) is 3.99. The molecule has 2 aromatic rings. The zero-order valence-electron chi connectivity index (χ0n) is 12.2. The molecule has 0 radical (unpaired) electrons. The van der Waals surface area contributed by atoms with Crippen molar-refractivity contribution in [1.29, 1.82) is 0 Å². The molecular weight excluding hydrogens is 264 g/mol. The highest BCUT2D eigenvalue weighted by Crippen LogP contribution is 2.24. The second-order valence-corrected chi connectivity index (χ2v) is 5.57. The van der Waals surface area contributed by atoms with Crippen molar-refractivity contribution in [1.82, 2.24) is 19.7 Å². The number of carbonyl (C=O) groups is 1. The second kappa shape index (κ2) is 6.08. The first-order chi connectivity index (χ1) is 10.3. The van der Waals surface area contributed by atoms with E-state index in [1.54, 1.807) is 11.0 Å². The lowest BCUT2D eigenvalue weighted by atomic mass is 10.0. The van der Waals surface area contributed by atoms with Crippen molar-refractivity contribution in [2.45, 2.75) is 38.3 Å². The third-order valence-corrected chi connectivity index (χ3v) is 4.17. The van der Waals surface area contributed by atoms with Gasteiger partial charge in [-0.05, 0) is 31.7 Å². The third kappa shape index (κ3) is 2.96. The monoisotopic (exact) mass is 284 g/mol. The Morgan fingerprint density at radius 1 is 1.38 bits per heavy atom. The fraction of sp³-hybridized carbons (Fsp3) is 0.438. The van der Waals surface area contributed by atoms with Crippen LogP contribution in [-0.2, 0) is 11.2 Å². The largest absolute Gasteiger partial charge is 0.338 e. The number of aromatic nitrogens is 3. The summed E-state index contributed by atoms with van der Waals surface area (Å²) in [6.07, 6.45) is 6.15. The summed E-state index contributed by atoms with van der Waals surface area (Å²) in [4.78, 5) is 18.6. The van der Waals surface area contributed by atoms with Crippen molar-refractivity contribution in [2.75, 3.05) is 6.54 Å². The van der Waals surface area contributed by atoms with Gasteiger partial charge in [-0.15, -0.1) is 0 Å². The summed E-state index contributed by atoms with van der Waals surface area (Å²) in [5.74, 6) is 0.138. The number of likely N-dealkylation sites (tertiary alicyclic amines) is 1. The second-order valence-electron chi connectivity index (χ2n) is 5.57. The quantitative estimate of drug-likeness (QED) is 0.863. The Bertz CT molecular complexity index is 582. The lowest BCUT2D eigenvalue weighted by Gasteiger charge is -2.27. The van der Waals surface area contributed by atoms with Gasteiger partial charge in [-0.3, -0.25) is 4.79 Å². The summed E-state index contributed by atoms with van der Waals surface area (Å²) in [6, 6.07) is 10.4. The van der Waals surface area contributed by atoms with E-state index in [0.717, 1.165) is 25.8 Å². The van der Waals surface area contributed by atoms with Crippen LogP contribution in [0.25, 0.3) is 0 Å². The number of nitrogens with zero attached hydrogens (tertiary/aromatic N) is 4. The van der Waals surface area contributed by atoms with Crippen LogP contribution in [0.15, 0.2) is 43.0 Å². The summed E-state index contributed by atoms with van der Waals surface area (Å²) in [6.45, 7) is 2.73. The molecule has 0 saturated carbocycles. The average molecular weight is 284 g/mol. The molecule has 1 fully saturated rings. The fourth-order valence-electron chi connectivity index (χ4n) is 2.99. The highest BCUT2D eigenvalue weighted by molar-refractivity contribution is 5.80. The average Bonchev–Trinajstić information content (AvgIpc) is 3.18. The molecule has 2 heterocycles. The molecule has 1 amide bonds. The van der Waals surface area contributed by atoms with E-state index in [1.807, 2.05) is 17.9 Å². The van der Waals surface area contributed by atoms with Crippen molar-refractivity contribution in [3.8, 4) is 0 Å². The molecule has 0 N–H and O–H groups in total. The van der Waals surface area contributed by atoms with Gasteiger partial charge < -0.3 is 4.90 Å². The van der Waals surface area contributed by atoms with Gasteiger partial charge in [0.05, 0.1) is 0 Å². The Morgan fingerprint density at radius 2 is 2.19 bits per heavy atom. The number of hydrogen-bond donors (Lipinski definition) is 0. The van der Waals surface area contributed by atoms with Crippen molar-refractivity contribution in [3.05, 3.63) is 48.5 Å². The molecule has 0 bridgehead atoms. The molecule has 1 aliphatic rings. The molecule has 2 unspecified atom stereocenters. The van der Waals surface area contributed by atoms with E-state index in [9.17, 15) is 4.79 Å². The van der Waals surface area contributed by atoms with E-state index in [0.29, 0.717) is 6.04 Å². The molecule has 0 spiro atoms. The van der Waals surface area contributed by atoms with E-state index in [2.05, 4.69) is 34.3 Å². The first kappa shape index (κ1) is 13.8. The maximum absolute atomic E-state index is 12.7. The van der Waals surface area contributed by atoms with Gasteiger partial charge in [0.15, 0.2) is 0 Å². The topological polar surface area (TPSA) is 51.0 Å². The van der Waals surface area contributed by atoms with E-state index in [4.69, 9.17) is 0 Å². The molecule has 1 aromatic heterocycles. The predicted octanol–water partition coefficient (Wildman–Crippen LogP) is 2.07. The van der Waals surface area contributed by atoms with Crippen molar-refractivity contribution in [2.24, 2.45) is 0 Å². The molecule has 1 aliphatic heterocycles. The van der Waals surface area contributed by atoms with Gasteiger partial charge in [-0.2, -0.15) is 5.10 Å². The maximum atomic E-state index is 12.7. The van der Waals surface area contributed by atoms with E-state index in [-0.39, 0.29) is 11.9 Å². The molecule has 3 rings (SSSR count). The first-order valence-corrected chi connectivity index (χ1v) is 7.44. The van der Waals surface area contributed by atoms with Gasteiger partial charge >= 0.3 is 0 Å². The van der Waals surface area contributed by atoms with Gasteiger partial charge in [0.25, 0.3) is 0 Å². The lowest BCUT2D eigenvalue weighted by Crippen LogP contribution is -2.40.